The van der Waals surface area contributed by atoms with Gasteiger partial charge in [0.1, 0.15) is 5.56 Å². The molecule has 2 amide bonds. The standard InChI is InChI=1S/C22H25N7O4S/c1-11(12-4-5-12)28-10-14-8-13(9-16(17(14)22(28)31)27-34(3,32)33)15-6-7-29-20(25-15)18(19(23)26-29)21(30)24-2/h6-9,11-12,27H,4-5,10H2,1-3H3,(H2,23,26)(H,24,30)/t11-/m0/s1. The van der Waals surface area contributed by atoms with Gasteiger partial charge in [0, 0.05) is 31.4 Å². The molecule has 0 spiro atoms. The molecule has 1 saturated carbocycles. The first-order valence-electron chi connectivity index (χ1n) is 10.9. The largest absolute Gasteiger partial charge is 0.381 e. The molecule has 3 heterocycles. The van der Waals surface area contributed by atoms with Gasteiger partial charge in [0.25, 0.3) is 11.8 Å². The molecule has 4 N–H and O–H groups in total. The minimum atomic E-state index is -3.64. The molecule has 1 atom stereocenters. The van der Waals surface area contributed by atoms with E-state index in [1.807, 2.05) is 13.0 Å². The average Bonchev–Trinajstić information content (AvgIpc) is 3.49. The van der Waals surface area contributed by atoms with Gasteiger partial charge in [-0.05, 0) is 49.4 Å². The van der Waals surface area contributed by atoms with E-state index in [-0.39, 0.29) is 34.7 Å². The predicted octanol–water partition coefficient (Wildman–Crippen LogP) is 1.46. The molecule has 2 aromatic heterocycles. The van der Waals surface area contributed by atoms with Crippen molar-refractivity contribution in [2.24, 2.45) is 5.92 Å². The van der Waals surface area contributed by atoms with Crippen molar-refractivity contribution in [2.75, 3.05) is 23.8 Å². The summed E-state index contributed by atoms with van der Waals surface area (Å²) in [5.41, 5.74) is 8.73. The van der Waals surface area contributed by atoms with E-state index in [4.69, 9.17) is 5.73 Å². The Balaban J connectivity index is 1.64. The van der Waals surface area contributed by atoms with Crippen molar-refractivity contribution in [3.05, 3.63) is 41.1 Å². The summed E-state index contributed by atoms with van der Waals surface area (Å²) in [6, 6.07) is 5.22. The van der Waals surface area contributed by atoms with Gasteiger partial charge >= 0.3 is 0 Å². The van der Waals surface area contributed by atoms with Crippen molar-refractivity contribution in [3.8, 4) is 11.3 Å². The minimum absolute atomic E-state index is 0.0488. The molecule has 11 nitrogen and oxygen atoms in total. The zero-order valence-corrected chi connectivity index (χ0v) is 19.8. The number of aromatic nitrogens is 3. The second kappa shape index (κ2) is 7.69. The molecule has 1 fully saturated rings. The van der Waals surface area contributed by atoms with Gasteiger partial charge in [-0.1, -0.05) is 0 Å². The van der Waals surface area contributed by atoms with Crippen LogP contribution in [-0.2, 0) is 16.6 Å². The van der Waals surface area contributed by atoms with Gasteiger partial charge in [0.15, 0.2) is 11.5 Å². The van der Waals surface area contributed by atoms with Crippen molar-refractivity contribution in [1.29, 1.82) is 0 Å². The monoisotopic (exact) mass is 483 g/mol. The number of amides is 2. The number of carbonyl (C=O) groups is 2. The molecule has 1 aliphatic heterocycles. The first kappa shape index (κ1) is 22.1. The van der Waals surface area contributed by atoms with Gasteiger partial charge < -0.3 is 16.0 Å². The fraction of sp³-hybridized carbons (Fsp3) is 0.364. The van der Waals surface area contributed by atoms with Crippen molar-refractivity contribution in [3.63, 3.8) is 0 Å². The van der Waals surface area contributed by atoms with Gasteiger partial charge in [0.2, 0.25) is 10.0 Å². The van der Waals surface area contributed by atoms with Crippen molar-refractivity contribution >= 4 is 39.0 Å². The molecule has 0 saturated heterocycles. The number of fused-ring (bicyclic) bond motifs is 2. The summed E-state index contributed by atoms with van der Waals surface area (Å²) in [4.78, 5) is 32.0. The van der Waals surface area contributed by atoms with Crippen LogP contribution in [0.25, 0.3) is 16.9 Å². The topological polar surface area (TPSA) is 152 Å². The number of anilines is 2. The fourth-order valence-corrected chi connectivity index (χ4v) is 5.08. The molecule has 178 valence electrons. The van der Waals surface area contributed by atoms with E-state index < -0.39 is 15.9 Å². The second-order valence-corrected chi connectivity index (χ2v) is 10.6. The van der Waals surface area contributed by atoms with Gasteiger partial charge in [-0.15, -0.1) is 5.10 Å². The third kappa shape index (κ3) is 3.73. The number of nitrogens with one attached hydrogen (secondary N) is 2. The number of sulfonamides is 1. The van der Waals surface area contributed by atoms with E-state index in [9.17, 15) is 18.0 Å². The van der Waals surface area contributed by atoms with Gasteiger partial charge in [-0.25, -0.2) is 17.9 Å². The summed E-state index contributed by atoms with van der Waals surface area (Å²) in [6.07, 6.45) is 4.86. The Morgan fingerprint density at radius 1 is 1.29 bits per heavy atom. The Morgan fingerprint density at radius 2 is 2.03 bits per heavy atom. The number of carbonyl (C=O) groups excluding carboxylic acids is 2. The number of hydrogen-bond donors (Lipinski definition) is 3. The van der Waals surface area contributed by atoms with Crippen LogP contribution in [0.2, 0.25) is 0 Å². The molecule has 5 rings (SSSR count). The summed E-state index contributed by atoms with van der Waals surface area (Å²) in [6.45, 7) is 2.43. The predicted molar refractivity (Wildman–Crippen MR) is 127 cm³/mol. The summed E-state index contributed by atoms with van der Waals surface area (Å²) in [7, 11) is -2.15. The van der Waals surface area contributed by atoms with Gasteiger partial charge in [-0.3, -0.25) is 14.3 Å². The van der Waals surface area contributed by atoms with Crippen LogP contribution in [0.1, 0.15) is 46.0 Å². The summed E-state index contributed by atoms with van der Waals surface area (Å²) in [5, 5.41) is 6.66. The highest BCUT2D eigenvalue weighted by Gasteiger charge is 2.40. The van der Waals surface area contributed by atoms with Crippen LogP contribution in [0.3, 0.4) is 0 Å². The van der Waals surface area contributed by atoms with Crippen LogP contribution in [0.5, 0.6) is 0 Å². The minimum Gasteiger partial charge on any atom is -0.381 e. The van der Waals surface area contributed by atoms with Crippen molar-refractivity contribution in [2.45, 2.75) is 32.4 Å². The Bertz CT molecular complexity index is 1460. The van der Waals surface area contributed by atoms with Crippen molar-refractivity contribution in [1.82, 2.24) is 24.8 Å². The van der Waals surface area contributed by atoms with E-state index >= 15 is 0 Å². The van der Waals surface area contributed by atoms with E-state index in [1.54, 1.807) is 23.2 Å². The van der Waals surface area contributed by atoms with Crippen LogP contribution in [-0.4, -0.2) is 59.1 Å². The lowest BCUT2D eigenvalue weighted by Crippen LogP contribution is -2.34. The zero-order valence-electron chi connectivity index (χ0n) is 19.0. The Labute approximate surface area is 196 Å². The SMILES string of the molecule is CNC(=O)c1c(N)nn2ccc(-c3cc4c(c(NS(C)(=O)=O)c3)C(=O)N([C@@H](C)C3CC3)C4)nc12. The molecule has 0 unspecified atom stereocenters. The molecular weight excluding hydrogens is 458 g/mol. The molecule has 3 aromatic rings. The highest BCUT2D eigenvalue weighted by Crippen LogP contribution is 2.41. The Morgan fingerprint density at radius 3 is 2.68 bits per heavy atom. The number of rotatable bonds is 6. The quantitative estimate of drug-likeness (QED) is 0.480. The lowest BCUT2D eigenvalue weighted by molar-refractivity contribution is 0.0698. The van der Waals surface area contributed by atoms with Crippen LogP contribution in [0, 0.1) is 5.92 Å². The number of nitrogen functional groups attached to an aromatic ring is 1. The number of hydrogen-bond acceptors (Lipinski definition) is 7. The van der Waals surface area contributed by atoms with Crippen LogP contribution in [0.4, 0.5) is 11.5 Å². The maximum atomic E-state index is 13.3. The van der Waals surface area contributed by atoms with Crippen molar-refractivity contribution < 1.29 is 18.0 Å². The molecule has 0 radical (unpaired) electrons. The molecule has 0 bridgehead atoms. The number of nitrogens with zero attached hydrogens (tertiary/aromatic N) is 4. The average molecular weight is 484 g/mol. The van der Waals surface area contributed by atoms with E-state index in [0.29, 0.717) is 29.3 Å². The lowest BCUT2D eigenvalue weighted by atomic mass is 10.0. The summed E-state index contributed by atoms with van der Waals surface area (Å²) in [5.74, 6) is -0.0712. The maximum Gasteiger partial charge on any atom is 0.258 e. The third-order valence-corrected chi connectivity index (χ3v) is 6.98. The number of nitrogens with two attached hydrogens (primary N) is 1. The first-order valence-corrected chi connectivity index (χ1v) is 12.8. The number of benzene rings is 1. The zero-order chi connectivity index (χ0) is 24.4. The van der Waals surface area contributed by atoms with Crippen LogP contribution >= 0.6 is 0 Å². The van der Waals surface area contributed by atoms with Gasteiger partial charge in [0.05, 0.1) is 23.2 Å². The molecule has 1 aromatic carbocycles. The van der Waals surface area contributed by atoms with Crippen LogP contribution in [0.15, 0.2) is 24.4 Å². The smallest absolute Gasteiger partial charge is 0.258 e. The van der Waals surface area contributed by atoms with E-state index in [1.165, 1.54) is 11.6 Å². The Kier molecular flexibility index (Phi) is 5.01. The first-order chi connectivity index (χ1) is 16.1. The molecule has 12 heteroatoms. The fourth-order valence-electron chi connectivity index (χ4n) is 4.52. The maximum absolute atomic E-state index is 13.3. The normalized spacial score (nSPS) is 16.6. The van der Waals surface area contributed by atoms with E-state index in [0.717, 1.165) is 24.7 Å². The molecule has 1 aliphatic carbocycles. The van der Waals surface area contributed by atoms with Gasteiger partial charge in [-0.2, -0.15) is 0 Å². The van der Waals surface area contributed by atoms with E-state index in [2.05, 4.69) is 20.1 Å². The second-order valence-electron chi connectivity index (χ2n) is 8.86. The summed E-state index contributed by atoms with van der Waals surface area (Å²) >= 11 is 0. The molecule has 34 heavy (non-hydrogen) atoms. The Hall–Kier alpha value is -3.67. The highest BCUT2D eigenvalue weighted by molar-refractivity contribution is 7.92. The van der Waals surface area contributed by atoms with Crippen LogP contribution < -0.4 is 15.8 Å². The highest BCUT2D eigenvalue weighted by atomic mass is 32.2. The summed E-state index contributed by atoms with van der Waals surface area (Å²) < 4.78 is 28.1. The molecule has 2 aliphatic rings. The lowest BCUT2D eigenvalue weighted by Gasteiger charge is -2.24. The molecular formula is C22H25N7O4S. The third-order valence-electron chi connectivity index (χ3n) is 6.39.